The van der Waals surface area contributed by atoms with Crippen LogP contribution in [-0.2, 0) is 15.0 Å². The van der Waals surface area contributed by atoms with Gasteiger partial charge in [0.1, 0.15) is 5.82 Å². The Bertz CT molecular complexity index is 859. The van der Waals surface area contributed by atoms with Gasteiger partial charge in [-0.05, 0) is 48.4 Å². The molecule has 1 aliphatic carbocycles. The normalized spacial score (nSPS) is 23.7. The Kier molecular flexibility index (Phi) is 4.46. The summed E-state index contributed by atoms with van der Waals surface area (Å²) in [6, 6.07) is 15.7. The lowest BCUT2D eigenvalue weighted by atomic mass is 9.73. The van der Waals surface area contributed by atoms with Gasteiger partial charge in [0.15, 0.2) is 0 Å². The molecule has 0 aromatic heterocycles. The number of nitrogens with zero attached hydrogens (tertiary/aromatic N) is 1. The minimum atomic E-state index is -0.927. The maximum absolute atomic E-state index is 13.4. The Balaban J connectivity index is 1.43. The van der Waals surface area contributed by atoms with Crippen molar-refractivity contribution in [2.45, 2.75) is 30.6 Å². The van der Waals surface area contributed by atoms with Gasteiger partial charge in [-0.15, -0.1) is 0 Å². The van der Waals surface area contributed by atoms with E-state index in [4.69, 9.17) is 0 Å². The van der Waals surface area contributed by atoms with Gasteiger partial charge in [0.25, 0.3) is 0 Å². The highest BCUT2D eigenvalue weighted by molar-refractivity contribution is 5.85. The molecule has 2 atom stereocenters. The Hall–Kier alpha value is -2.69. The van der Waals surface area contributed by atoms with E-state index in [1.54, 1.807) is 11.0 Å². The number of aliphatic carboxylic acids is 1. The average Bonchev–Trinajstić information content (AvgIpc) is 3.49. The summed E-state index contributed by atoms with van der Waals surface area (Å²) in [5.41, 5.74) is 0.743. The predicted molar refractivity (Wildman–Crippen MR) is 98.8 cm³/mol. The Morgan fingerprint density at radius 3 is 2.37 bits per heavy atom. The topological polar surface area (TPSA) is 57.6 Å². The van der Waals surface area contributed by atoms with Crippen LogP contribution in [0.3, 0.4) is 0 Å². The summed E-state index contributed by atoms with van der Waals surface area (Å²) in [5, 5.41) is 9.87. The van der Waals surface area contributed by atoms with E-state index in [9.17, 15) is 19.1 Å². The molecule has 1 saturated heterocycles. The summed E-state index contributed by atoms with van der Waals surface area (Å²) in [6.07, 6.45) is 1.56. The quantitative estimate of drug-likeness (QED) is 0.899. The molecule has 1 heterocycles. The van der Waals surface area contributed by atoms with Gasteiger partial charge in [0.05, 0.1) is 5.41 Å². The zero-order chi connectivity index (χ0) is 19.0. The molecule has 5 heteroatoms. The molecule has 1 saturated carbocycles. The van der Waals surface area contributed by atoms with Crippen molar-refractivity contribution in [2.24, 2.45) is 5.92 Å². The van der Waals surface area contributed by atoms with Gasteiger partial charge in [0.2, 0.25) is 5.91 Å². The summed E-state index contributed by atoms with van der Waals surface area (Å²) in [7, 11) is 0. The molecule has 0 spiro atoms. The van der Waals surface area contributed by atoms with E-state index in [1.807, 2.05) is 36.4 Å². The predicted octanol–water partition coefficient (Wildman–Crippen LogP) is 3.57. The summed E-state index contributed by atoms with van der Waals surface area (Å²) in [4.78, 5) is 26.6. The molecule has 2 fully saturated rings. The van der Waals surface area contributed by atoms with E-state index in [2.05, 4.69) is 0 Å². The minimum Gasteiger partial charge on any atom is -0.481 e. The molecule has 2 aliphatic rings. The number of amides is 1. The minimum absolute atomic E-state index is 0.0660. The van der Waals surface area contributed by atoms with Crippen LogP contribution in [0.4, 0.5) is 4.39 Å². The number of likely N-dealkylation sites (tertiary alicyclic amines) is 1. The van der Waals surface area contributed by atoms with Crippen molar-refractivity contribution >= 4 is 11.9 Å². The van der Waals surface area contributed by atoms with Crippen LogP contribution in [0.2, 0.25) is 0 Å². The highest BCUT2D eigenvalue weighted by Gasteiger charge is 2.49. The standard InChI is InChI=1S/C22H22FNO3/c23-17-8-4-5-15(13-17)18-14-19(18)20(25)24-11-9-22(10-12-24,21(26)27)16-6-2-1-3-7-16/h1-8,13,18-19H,9-12,14H2,(H,26,27)/t18-,19+/m1/s1. The second-order valence-corrected chi connectivity index (χ2v) is 7.58. The zero-order valence-electron chi connectivity index (χ0n) is 15.0. The van der Waals surface area contributed by atoms with Crippen LogP contribution in [0, 0.1) is 11.7 Å². The van der Waals surface area contributed by atoms with Gasteiger partial charge < -0.3 is 10.0 Å². The van der Waals surface area contributed by atoms with E-state index in [0.29, 0.717) is 25.9 Å². The summed E-state index contributed by atoms with van der Waals surface area (Å²) < 4.78 is 13.4. The first-order valence-corrected chi connectivity index (χ1v) is 9.34. The van der Waals surface area contributed by atoms with E-state index < -0.39 is 11.4 Å². The van der Waals surface area contributed by atoms with Crippen molar-refractivity contribution in [2.75, 3.05) is 13.1 Å². The molecule has 4 rings (SSSR count). The van der Waals surface area contributed by atoms with Gasteiger partial charge in [-0.2, -0.15) is 0 Å². The fourth-order valence-corrected chi connectivity index (χ4v) is 4.30. The SMILES string of the molecule is O=C([C@H]1C[C@@H]1c1cccc(F)c1)N1CCC(C(=O)O)(c2ccccc2)CC1. The highest BCUT2D eigenvalue weighted by Crippen LogP contribution is 2.49. The van der Waals surface area contributed by atoms with E-state index in [0.717, 1.165) is 17.5 Å². The number of rotatable bonds is 4. The number of carbonyl (C=O) groups excluding carboxylic acids is 1. The van der Waals surface area contributed by atoms with Crippen molar-refractivity contribution in [3.05, 3.63) is 71.5 Å². The fraction of sp³-hybridized carbons (Fsp3) is 0.364. The molecule has 2 aromatic rings. The van der Waals surface area contributed by atoms with Gasteiger partial charge in [-0.3, -0.25) is 9.59 Å². The first-order valence-electron chi connectivity index (χ1n) is 9.34. The molecule has 1 aliphatic heterocycles. The molecular formula is C22H22FNO3. The number of carbonyl (C=O) groups is 2. The molecule has 0 radical (unpaired) electrons. The second kappa shape index (κ2) is 6.80. The van der Waals surface area contributed by atoms with Crippen LogP contribution >= 0.6 is 0 Å². The maximum atomic E-state index is 13.4. The van der Waals surface area contributed by atoms with Gasteiger partial charge in [0, 0.05) is 19.0 Å². The van der Waals surface area contributed by atoms with Crippen molar-refractivity contribution in [1.82, 2.24) is 4.90 Å². The first kappa shape index (κ1) is 17.7. The largest absolute Gasteiger partial charge is 0.481 e. The Labute approximate surface area is 157 Å². The van der Waals surface area contributed by atoms with E-state index in [-0.39, 0.29) is 23.6 Å². The molecule has 140 valence electrons. The molecule has 0 unspecified atom stereocenters. The van der Waals surface area contributed by atoms with Crippen LogP contribution in [0.15, 0.2) is 54.6 Å². The number of hydrogen-bond donors (Lipinski definition) is 1. The first-order chi connectivity index (χ1) is 13.0. The van der Waals surface area contributed by atoms with Gasteiger partial charge >= 0.3 is 5.97 Å². The zero-order valence-corrected chi connectivity index (χ0v) is 15.0. The summed E-state index contributed by atoms with van der Waals surface area (Å²) >= 11 is 0. The van der Waals surface area contributed by atoms with Gasteiger partial charge in [-0.25, -0.2) is 4.39 Å². The van der Waals surface area contributed by atoms with Gasteiger partial charge in [-0.1, -0.05) is 42.5 Å². The highest BCUT2D eigenvalue weighted by atomic mass is 19.1. The van der Waals surface area contributed by atoms with E-state index >= 15 is 0 Å². The van der Waals surface area contributed by atoms with E-state index in [1.165, 1.54) is 12.1 Å². The monoisotopic (exact) mass is 367 g/mol. The average molecular weight is 367 g/mol. The van der Waals surface area contributed by atoms with Crippen molar-refractivity contribution < 1.29 is 19.1 Å². The lowest BCUT2D eigenvalue weighted by Gasteiger charge is -2.39. The van der Waals surface area contributed by atoms with Crippen LogP contribution in [0.1, 0.15) is 36.3 Å². The lowest BCUT2D eigenvalue weighted by molar-refractivity contribution is -0.148. The number of carboxylic acid groups (broad SMARTS) is 1. The Morgan fingerprint density at radius 1 is 1.04 bits per heavy atom. The van der Waals surface area contributed by atoms with Crippen molar-refractivity contribution in [3.8, 4) is 0 Å². The number of carboxylic acids is 1. The molecule has 2 aromatic carbocycles. The second-order valence-electron chi connectivity index (χ2n) is 7.58. The maximum Gasteiger partial charge on any atom is 0.314 e. The number of benzene rings is 2. The third-order valence-corrected chi connectivity index (χ3v) is 6.05. The third-order valence-electron chi connectivity index (χ3n) is 6.05. The molecular weight excluding hydrogens is 345 g/mol. The Morgan fingerprint density at radius 2 is 1.74 bits per heavy atom. The summed E-state index contributed by atoms with van der Waals surface area (Å²) in [6.45, 7) is 0.874. The molecule has 27 heavy (non-hydrogen) atoms. The molecule has 1 N–H and O–H groups in total. The van der Waals surface area contributed by atoms with Crippen molar-refractivity contribution in [1.29, 1.82) is 0 Å². The van der Waals surface area contributed by atoms with Crippen LogP contribution < -0.4 is 0 Å². The van der Waals surface area contributed by atoms with Crippen LogP contribution in [0.25, 0.3) is 0 Å². The molecule has 4 nitrogen and oxygen atoms in total. The van der Waals surface area contributed by atoms with Crippen LogP contribution in [-0.4, -0.2) is 35.0 Å². The summed E-state index contributed by atoms with van der Waals surface area (Å²) in [5.74, 6) is -1.08. The lowest BCUT2D eigenvalue weighted by Crippen LogP contribution is -2.49. The molecule has 1 amide bonds. The van der Waals surface area contributed by atoms with Crippen molar-refractivity contribution in [3.63, 3.8) is 0 Å². The molecule has 0 bridgehead atoms. The number of halogens is 1. The number of hydrogen-bond acceptors (Lipinski definition) is 2. The number of piperidine rings is 1. The third kappa shape index (κ3) is 3.22. The smallest absolute Gasteiger partial charge is 0.314 e. The van der Waals surface area contributed by atoms with Crippen LogP contribution in [0.5, 0.6) is 0 Å². The fourth-order valence-electron chi connectivity index (χ4n) is 4.30.